The van der Waals surface area contributed by atoms with Crippen LogP contribution in [0.4, 0.5) is 0 Å². The van der Waals surface area contributed by atoms with Crippen LogP contribution in [0.2, 0.25) is 10.0 Å². The number of nitrogens with one attached hydrogen (secondary N) is 1. The van der Waals surface area contributed by atoms with Gasteiger partial charge in [0.05, 0.1) is 10.0 Å². The number of hydrogen-bond donors (Lipinski definition) is 1. The zero-order valence-corrected chi connectivity index (χ0v) is 13.3. The van der Waals surface area contributed by atoms with Crippen molar-refractivity contribution in [3.05, 3.63) is 69.2 Å². The lowest BCUT2D eigenvalue weighted by Crippen LogP contribution is -2.19. The van der Waals surface area contributed by atoms with Gasteiger partial charge in [0.2, 0.25) is 0 Å². The topological polar surface area (TPSA) is 12.0 Å². The molecule has 1 nitrogen and oxygen atoms in total. The summed E-state index contributed by atoms with van der Waals surface area (Å²) in [5, 5.41) is 4.50. The summed E-state index contributed by atoms with van der Waals surface area (Å²) in [7, 11) is 1.98. The number of aryl methyl sites for hydroxylation is 1. The minimum atomic E-state index is 0.429. The van der Waals surface area contributed by atoms with E-state index in [4.69, 9.17) is 23.2 Å². The van der Waals surface area contributed by atoms with Crippen LogP contribution in [0.15, 0.2) is 42.5 Å². The van der Waals surface area contributed by atoms with E-state index >= 15 is 0 Å². The van der Waals surface area contributed by atoms with Gasteiger partial charge in [0.1, 0.15) is 0 Å². The summed E-state index contributed by atoms with van der Waals surface area (Å²) in [4.78, 5) is 0. The Morgan fingerprint density at radius 2 is 1.70 bits per heavy atom. The van der Waals surface area contributed by atoms with Gasteiger partial charge in [-0.2, -0.15) is 0 Å². The van der Waals surface area contributed by atoms with E-state index in [0.717, 1.165) is 13.0 Å². The van der Waals surface area contributed by atoms with Crippen LogP contribution in [0.3, 0.4) is 0 Å². The van der Waals surface area contributed by atoms with Gasteiger partial charge in [0.25, 0.3) is 0 Å². The summed E-state index contributed by atoms with van der Waals surface area (Å²) in [5.41, 5.74) is 3.84. The van der Waals surface area contributed by atoms with Crippen molar-refractivity contribution < 1.29 is 0 Å². The first-order valence-corrected chi connectivity index (χ1v) is 7.51. The normalized spacial score (nSPS) is 12.4. The van der Waals surface area contributed by atoms with Crippen molar-refractivity contribution in [2.24, 2.45) is 0 Å². The molecule has 0 fully saturated rings. The number of hydrogen-bond acceptors (Lipinski definition) is 1. The van der Waals surface area contributed by atoms with E-state index < -0.39 is 0 Å². The Kier molecular flexibility index (Phi) is 5.47. The smallest absolute Gasteiger partial charge is 0.0595 e. The third kappa shape index (κ3) is 3.99. The second-order valence-corrected chi connectivity index (χ2v) is 5.93. The van der Waals surface area contributed by atoms with Gasteiger partial charge in [0.15, 0.2) is 0 Å². The predicted octanol–water partition coefficient (Wildman–Crippen LogP) is 4.85. The second-order valence-electron chi connectivity index (χ2n) is 5.12. The Bertz CT molecular complexity index is 564. The van der Waals surface area contributed by atoms with Crippen LogP contribution in [-0.4, -0.2) is 13.6 Å². The molecule has 0 heterocycles. The van der Waals surface area contributed by atoms with Crippen LogP contribution in [-0.2, 0) is 6.42 Å². The molecule has 0 bridgehead atoms. The number of rotatable bonds is 5. The molecule has 0 saturated heterocycles. The molecule has 0 radical (unpaired) electrons. The fourth-order valence-corrected chi connectivity index (χ4v) is 2.66. The van der Waals surface area contributed by atoms with E-state index in [-0.39, 0.29) is 0 Å². The fourth-order valence-electron chi connectivity index (χ4n) is 2.34. The average Bonchev–Trinajstić information content (AvgIpc) is 2.43. The number of benzene rings is 2. The van der Waals surface area contributed by atoms with Crippen molar-refractivity contribution >= 4 is 23.2 Å². The Hall–Kier alpha value is -1.02. The van der Waals surface area contributed by atoms with Crippen LogP contribution in [0.5, 0.6) is 0 Å². The van der Waals surface area contributed by atoms with E-state index in [0.29, 0.717) is 16.0 Å². The molecule has 1 N–H and O–H groups in total. The van der Waals surface area contributed by atoms with Gasteiger partial charge in [-0.15, -0.1) is 0 Å². The lowest BCUT2D eigenvalue weighted by Gasteiger charge is -2.18. The van der Waals surface area contributed by atoms with Gasteiger partial charge in [-0.1, -0.05) is 59.1 Å². The maximum atomic E-state index is 6.09. The summed E-state index contributed by atoms with van der Waals surface area (Å²) >= 11 is 12.1. The molecule has 2 aromatic rings. The fraction of sp³-hybridized carbons (Fsp3) is 0.294. The van der Waals surface area contributed by atoms with Gasteiger partial charge in [0, 0.05) is 12.5 Å². The molecule has 0 aliphatic carbocycles. The summed E-state index contributed by atoms with van der Waals surface area (Å²) in [6.07, 6.45) is 0.945. The Morgan fingerprint density at radius 1 is 1.00 bits per heavy atom. The van der Waals surface area contributed by atoms with Gasteiger partial charge in [-0.3, -0.25) is 0 Å². The molecule has 0 aliphatic heterocycles. The molecule has 0 aliphatic rings. The molecule has 1 atom stereocenters. The van der Waals surface area contributed by atoms with Gasteiger partial charge in [-0.05, 0) is 43.7 Å². The first-order chi connectivity index (χ1) is 9.60. The highest BCUT2D eigenvalue weighted by Gasteiger charge is 2.12. The van der Waals surface area contributed by atoms with Crippen molar-refractivity contribution in [3.8, 4) is 0 Å². The van der Waals surface area contributed by atoms with E-state index in [2.05, 4.69) is 36.5 Å². The van der Waals surface area contributed by atoms with Crippen molar-refractivity contribution in [1.29, 1.82) is 0 Å². The molecule has 0 amide bonds. The molecule has 2 rings (SSSR count). The number of likely N-dealkylation sites (N-methyl/N-ethyl adjacent to an activating group) is 1. The predicted molar refractivity (Wildman–Crippen MR) is 88.0 cm³/mol. The first-order valence-electron chi connectivity index (χ1n) is 6.75. The molecule has 0 saturated carbocycles. The molecule has 3 heteroatoms. The van der Waals surface area contributed by atoms with Crippen LogP contribution in [0.1, 0.15) is 22.6 Å². The van der Waals surface area contributed by atoms with Crippen molar-refractivity contribution in [3.63, 3.8) is 0 Å². The van der Waals surface area contributed by atoms with Crippen molar-refractivity contribution in [1.82, 2.24) is 5.32 Å². The highest BCUT2D eigenvalue weighted by atomic mass is 35.5. The molecule has 1 unspecified atom stereocenters. The standard InChI is InChI=1S/C17H19Cl2N/c1-12-3-6-14(7-4-12)15(11-20-2)9-13-5-8-16(18)17(19)10-13/h3-8,10,15,20H,9,11H2,1-2H3. The van der Waals surface area contributed by atoms with Gasteiger partial charge in [-0.25, -0.2) is 0 Å². The molecule has 0 aromatic heterocycles. The average molecular weight is 308 g/mol. The molecule has 106 valence electrons. The SMILES string of the molecule is CNCC(Cc1ccc(Cl)c(Cl)c1)c1ccc(C)cc1. The van der Waals surface area contributed by atoms with Crippen LogP contribution in [0.25, 0.3) is 0 Å². The molecular weight excluding hydrogens is 289 g/mol. The van der Waals surface area contributed by atoms with Crippen LogP contribution >= 0.6 is 23.2 Å². The lowest BCUT2D eigenvalue weighted by molar-refractivity contribution is 0.625. The summed E-state index contributed by atoms with van der Waals surface area (Å²) in [5.74, 6) is 0.429. The van der Waals surface area contributed by atoms with Crippen LogP contribution in [0, 0.1) is 6.92 Å². The Labute approximate surface area is 130 Å². The molecule has 2 aromatic carbocycles. The van der Waals surface area contributed by atoms with Crippen molar-refractivity contribution in [2.45, 2.75) is 19.3 Å². The zero-order valence-electron chi connectivity index (χ0n) is 11.8. The quantitative estimate of drug-likeness (QED) is 0.833. The molecule has 0 spiro atoms. The monoisotopic (exact) mass is 307 g/mol. The molecular formula is C17H19Cl2N. The van der Waals surface area contributed by atoms with E-state index in [9.17, 15) is 0 Å². The first kappa shape index (κ1) is 15.4. The third-order valence-corrected chi connectivity index (χ3v) is 4.20. The minimum absolute atomic E-state index is 0.429. The lowest BCUT2D eigenvalue weighted by atomic mass is 9.91. The zero-order chi connectivity index (χ0) is 14.5. The Balaban J connectivity index is 2.20. The maximum absolute atomic E-state index is 6.09. The summed E-state index contributed by atoms with van der Waals surface area (Å²) in [6.45, 7) is 3.04. The highest BCUT2D eigenvalue weighted by Crippen LogP contribution is 2.26. The summed E-state index contributed by atoms with van der Waals surface area (Å²) in [6, 6.07) is 14.6. The largest absolute Gasteiger partial charge is 0.319 e. The van der Waals surface area contributed by atoms with E-state index in [1.165, 1.54) is 16.7 Å². The minimum Gasteiger partial charge on any atom is -0.319 e. The van der Waals surface area contributed by atoms with Gasteiger partial charge < -0.3 is 5.32 Å². The number of halogens is 2. The second kappa shape index (κ2) is 7.12. The van der Waals surface area contributed by atoms with E-state index in [1.54, 1.807) is 0 Å². The third-order valence-electron chi connectivity index (χ3n) is 3.47. The maximum Gasteiger partial charge on any atom is 0.0595 e. The van der Waals surface area contributed by atoms with Crippen molar-refractivity contribution in [2.75, 3.05) is 13.6 Å². The Morgan fingerprint density at radius 3 is 2.30 bits per heavy atom. The highest BCUT2D eigenvalue weighted by molar-refractivity contribution is 6.42. The summed E-state index contributed by atoms with van der Waals surface area (Å²) < 4.78 is 0. The van der Waals surface area contributed by atoms with E-state index in [1.807, 2.05) is 25.2 Å². The molecule has 20 heavy (non-hydrogen) atoms. The van der Waals surface area contributed by atoms with Gasteiger partial charge >= 0.3 is 0 Å². The van der Waals surface area contributed by atoms with Crippen LogP contribution < -0.4 is 5.32 Å².